The quantitative estimate of drug-likeness (QED) is 0.852. The number of aromatic carboxylic acids is 1. The van der Waals surface area contributed by atoms with Crippen LogP contribution >= 0.6 is 0 Å². The summed E-state index contributed by atoms with van der Waals surface area (Å²) < 4.78 is 11.4. The summed E-state index contributed by atoms with van der Waals surface area (Å²) in [6, 6.07) is 8.86. The van der Waals surface area contributed by atoms with E-state index in [1.54, 1.807) is 6.07 Å². The van der Waals surface area contributed by atoms with Crippen LogP contribution in [0.3, 0.4) is 0 Å². The van der Waals surface area contributed by atoms with Crippen molar-refractivity contribution in [2.45, 2.75) is 6.92 Å². The molecule has 0 saturated heterocycles. The summed E-state index contributed by atoms with van der Waals surface area (Å²) in [5.74, 6) is 0.102. The number of hydrogen-bond acceptors (Lipinski definition) is 4. The van der Waals surface area contributed by atoms with Gasteiger partial charge in [-0.1, -0.05) is 25.1 Å². The first-order valence-electron chi connectivity index (χ1n) is 6.33. The lowest BCUT2D eigenvalue weighted by Gasteiger charge is -2.10. The van der Waals surface area contributed by atoms with Crippen molar-refractivity contribution in [3.63, 3.8) is 0 Å². The van der Waals surface area contributed by atoms with Gasteiger partial charge >= 0.3 is 5.97 Å². The largest absolute Gasteiger partial charge is 0.477 e. The number of benzene rings is 1. The summed E-state index contributed by atoms with van der Waals surface area (Å²) in [4.78, 5) is 15.2. The van der Waals surface area contributed by atoms with Crippen molar-refractivity contribution in [1.82, 2.24) is 4.98 Å². The molecule has 20 heavy (non-hydrogen) atoms. The van der Waals surface area contributed by atoms with Crippen LogP contribution in [0.4, 0.5) is 5.69 Å². The van der Waals surface area contributed by atoms with Crippen molar-refractivity contribution in [1.29, 1.82) is 0 Å². The summed E-state index contributed by atoms with van der Waals surface area (Å²) in [6.07, 6.45) is 0. The maximum absolute atomic E-state index is 11.4. The van der Waals surface area contributed by atoms with Gasteiger partial charge in [-0.15, -0.1) is 0 Å². The van der Waals surface area contributed by atoms with Crippen molar-refractivity contribution in [3.8, 4) is 0 Å². The molecular weight excluding hydrogens is 276 g/mol. The lowest BCUT2D eigenvalue weighted by atomic mass is 10.1. The maximum atomic E-state index is 11.4. The number of carboxylic acids is 1. The highest BCUT2D eigenvalue weighted by Crippen LogP contribution is 2.23. The summed E-state index contributed by atoms with van der Waals surface area (Å²) >= 11 is 0. The van der Waals surface area contributed by atoms with E-state index in [-0.39, 0.29) is 5.69 Å². The minimum absolute atomic E-state index is 0.00261. The molecule has 0 spiro atoms. The van der Waals surface area contributed by atoms with E-state index >= 15 is 0 Å². The van der Waals surface area contributed by atoms with Gasteiger partial charge in [-0.3, -0.25) is 4.21 Å². The Bertz CT molecular complexity index is 658. The molecule has 0 amide bonds. The summed E-state index contributed by atoms with van der Waals surface area (Å²) in [6.45, 7) is 2.41. The number of carboxylic acid groups (broad SMARTS) is 1. The molecule has 1 atom stereocenters. The zero-order chi connectivity index (χ0) is 14.5. The van der Waals surface area contributed by atoms with Crippen LogP contribution in [0.25, 0.3) is 10.9 Å². The molecule has 0 aliphatic rings. The van der Waals surface area contributed by atoms with Crippen LogP contribution in [0.15, 0.2) is 30.3 Å². The van der Waals surface area contributed by atoms with Gasteiger partial charge in [-0.2, -0.15) is 0 Å². The molecule has 0 radical (unpaired) electrons. The molecule has 0 aliphatic carbocycles. The number of carbonyl (C=O) groups is 1. The zero-order valence-electron chi connectivity index (χ0n) is 11.1. The molecule has 2 aromatic rings. The van der Waals surface area contributed by atoms with Crippen LogP contribution in [-0.4, -0.2) is 38.3 Å². The fourth-order valence-electron chi connectivity index (χ4n) is 1.88. The van der Waals surface area contributed by atoms with E-state index in [0.29, 0.717) is 29.3 Å². The lowest BCUT2D eigenvalue weighted by Crippen LogP contribution is -2.13. The van der Waals surface area contributed by atoms with Crippen molar-refractivity contribution in [2.75, 3.05) is 23.4 Å². The maximum Gasteiger partial charge on any atom is 0.354 e. The highest BCUT2D eigenvalue weighted by molar-refractivity contribution is 7.84. The second-order valence-corrected chi connectivity index (χ2v) is 6.10. The Morgan fingerprint density at radius 3 is 2.85 bits per heavy atom. The Morgan fingerprint density at radius 2 is 2.15 bits per heavy atom. The first kappa shape index (κ1) is 14.5. The molecule has 6 heteroatoms. The normalized spacial score (nSPS) is 12.2. The highest BCUT2D eigenvalue weighted by Gasteiger charge is 2.10. The second kappa shape index (κ2) is 6.47. The van der Waals surface area contributed by atoms with Gasteiger partial charge in [0.25, 0.3) is 0 Å². The lowest BCUT2D eigenvalue weighted by molar-refractivity contribution is 0.0691. The van der Waals surface area contributed by atoms with E-state index in [0.717, 1.165) is 5.39 Å². The van der Waals surface area contributed by atoms with E-state index < -0.39 is 16.8 Å². The number of nitrogens with zero attached hydrogens (tertiary/aromatic N) is 1. The van der Waals surface area contributed by atoms with E-state index in [9.17, 15) is 9.00 Å². The van der Waals surface area contributed by atoms with Gasteiger partial charge in [0.1, 0.15) is 0 Å². The Balaban J connectivity index is 2.30. The minimum Gasteiger partial charge on any atom is -0.477 e. The molecule has 1 aromatic heterocycles. The van der Waals surface area contributed by atoms with Gasteiger partial charge in [-0.05, 0) is 12.1 Å². The summed E-state index contributed by atoms with van der Waals surface area (Å²) in [5.41, 5.74) is 1.34. The number of para-hydroxylation sites is 1. The molecule has 2 N–H and O–H groups in total. The van der Waals surface area contributed by atoms with Gasteiger partial charge < -0.3 is 10.4 Å². The number of aromatic nitrogens is 1. The molecule has 1 heterocycles. The molecule has 0 bridgehead atoms. The van der Waals surface area contributed by atoms with Crippen LogP contribution < -0.4 is 5.32 Å². The van der Waals surface area contributed by atoms with E-state index in [4.69, 9.17) is 5.11 Å². The van der Waals surface area contributed by atoms with Crippen LogP contribution in [0.1, 0.15) is 17.4 Å². The first-order valence-corrected chi connectivity index (χ1v) is 7.82. The number of anilines is 1. The number of nitrogens with one attached hydrogen (secondary N) is 1. The number of rotatable bonds is 6. The molecule has 1 aromatic carbocycles. The summed E-state index contributed by atoms with van der Waals surface area (Å²) in [7, 11) is -0.843. The predicted octanol–water partition coefficient (Wildman–Crippen LogP) is 2.11. The molecule has 106 valence electrons. The Hall–Kier alpha value is -1.95. The molecule has 2 rings (SSSR count). The number of hydrogen-bond donors (Lipinski definition) is 2. The van der Waals surface area contributed by atoms with Gasteiger partial charge in [-0.25, -0.2) is 9.78 Å². The van der Waals surface area contributed by atoms with E-state index in [2.05, 4.69) is 10.3 Å². The molecule has 0 fully saturated rings. The van der Waals surface area contributed by atoms with Gasteiger partial charge in [0, 0.05) is 39.9 Å². The van der Waals surface area contributed by atoms with Crippen LogP contribution in [-0.2, 0) is 10.8 Å². The van der Waals surface area contributed by atoms with Crippen molar-refractivity contribution in [2.24, 2.45) is 0 Å². The molecule has 0 saturated carbocycles. The van der Waals surface area contributed by atoms with Crippen molar-refractivity contribution >= 4 is 33.4 Å². The minimum atomic E-state index is -1.06. The van der Waals surface area contributed by atoms with Crippen LogP contribution in [0.5, 0.6) is 0 Å². The molecule has 5 nitrogen and oxygen atoms in total. The fraction of sp³-hybridized carbons (Fsp3) is 0.286. The smallest absolute Gasteiger partial charge is 0.354 e. The van der Waals surface area contributed by atoms with Crippen molar-refractivity contribution < 1.29 is 14.1 Å². The van der Waals surface area contributed by atoms with Crippen LogP contribution in [0.2, 0.25) is 0 Å². The average Bonchev–Trinajstić information content (AvgIpc) is 2.46. The second-order valence-electron chi connectivity index (χ2n) is 4.24. The van der Waals surface area contributed by atoms with Gasteiger partial charge in [0.05, 0.1) is 5.52 Å². The van der Waals surface area contributed by atoms with Crippen molar-refractivity contribution in [3.05, 3.63) is 36.0 Å². The molecule has 1 unspecified atom stereocenters. The first-order chi connectivity index (χ1) is 9.61. The average molecular weight is 292 g/mol. The van der Waals surface area contributed by atoms with Crippen LogP contribution in [0, 0.1) is 0 Å². The summed E-state index contributed by atoms with van der Waals surface area (Å²) in [5, 5.41) is 13.1. The Labute approximate surface area is 119 Å². The van der Waals surface area contributed by atoms with E-state index in [1.807, 2.05) is 25.1 Å². The zero-order valence-corrected chi connectivity index (χ0v) is 11.9. The number of fused-ring (bicyclic) bond motifs is 1. The predicted molar refractivity (Wildman–Crippen MR) is 80.7 cm³/mol. The van der Waals surface area contributed by atoms with Gasteiger partial charge in [0.2, 0.25) is 0 Å². The Morgan fingerprint density at radius 1 is 1.40 bits per heavy atom. The monoisotopic (exact) mass is 292 g/mol. The highest BCUT2D eigenvalue weighted by atomic mass is 32.2. The topological polar surface area (TPSA) is 79.3 Å². The fourth-order valence-corrected chi connectivity index (χ4v) is 2.49. The number of pyridine rings is 1. The van der Waals surface area contributed by atoms with Gasteiger partial charge in [0.15, 0.2) is 5.69 Å². The Kier molecular flexibility index (Phi) is 4.68. The standard InChI is InChI=1S/C14H16N2O3S/c1-2-20(19)8-7-15-12-9-13(14(17)18)16-11-6-4-3-5-10(11)12/h3-6,9H,2,7-8H2,1H3,(H,15,16)(H,17,18). The third kappa shape index (κ3) is 3.33. The molecular formula is C14H16N2O3S. The third-order valence-electron chi connectivity index (χ3n) is 2.90. The third-order valence-corrected chi connectivity index (χ3v) is 4.21. The van der Waals surface area contributed by atoms with E-state index in [1.165, 1.54) is 6.07 Å². The SMILES string of the molecule is CCS(=O)CCNc1cc(C(=O)O)nc2ccccc12. The molecule has 0 aliphatic heterocycles.